The lowest BCUT2D eigenvalue weighted by molar-refractivity contribution is 0.474. The van der Waals surface area contributed by atoms with Gasteiger partial charge in [-0.2, -0.15) is 0 Å². The number of hydrogen-bond acceptors (Lipinski definition) is 4. The zero-order chi connectivity index (χ0) is 21.5. The predicted molar refractivity (Wildman–Crippen MR) is 127 cm³/mol. The Kier molecular flexibility index (Phi) is 6.38. The normalized spacial score (nSPS) is 10.6. The molecule has 0 aliphatic heterocycles. The number of aromatic hydroxyl groups is 2. The molecule has 0 spiro atoms. The van der Waals surface area contributed by atoms with Crippen molar-refractivity contribution in [3.05, 3.63) is 119 Å². The lowest BCUT2D eigenvalue weighted by Gasteiger charge is -2.10. The topological polar surface area (TPSA) is 64.5 Å². The molecule has 0 amide bonds. The van der Waals surface area contributed by atoms with Crippen LogP contribution in [0.15, 0.2) is 97.1 Å². The summed E-state index contributed by atoms with van der Waals surface area (Å²) in [6.07, 6.45) is 0.885. The molecule has 0 aliphatic carbocycles. The van der Waals surface area contributed by atoms with Crippen LogP contribution in [0.5, 0.6) is 11.5 Å². The Hall–Kier alpha value is -3.92. The van der Waals surface area contributed by atoms with Gasteiger partial charge in [0.25, 0.3) is 0 Å². The third-order valence-electron chi connectivity index (χ3n) is 5.18. The minimum Gasteiger partial charge on any atom is -0.508 e. The first kappa shape index (κ1) is 20.4. The van der Waals surface area contributed by atoms with Gasteiger partial charge in [-0.05, 0) is 77.2 Å². The molecule has 4 N–H and O–H groups in total. The fraction of sp³-hybridized carbons (Fsp3) is 0.111. The lowest BCUT2D eigenvalue weighted by atomic mass is 10.0. The maximum atomic E-state index is 9.36. The van der Waals surface area contributed by atoms with Crippen molar-refractivity contribution in [2.75, 3.05) is 10.6 Å². The molecule has 0 saturated heterocycles. The number of hydrogen-bond donors (Lipinski definition) is 4. The summed E-state index contributed by atoms with van der Waals surface area (Å²) in [6.45, 7) is 1.44. The van der Waals surface area contributed by atoms with E-state index in [-0.39, 0.29) is 11.5 Å². The summed E-state index contributed by atoms with van der Waals surface area (Å²) in [5, 5.41) is 25.5. The third kappa shape index (κ3) is 6.03. The Labute approximate surface area is 182 Å². The Morgan fingerprint density at radius 2 is 0.742 bits per heavy atom. The molecule has 0 unspecified atom stereocenters. The van der Waals surface area contributed by atoms with Gasteiger partial charge in [0.2, 0.25) is 0 Å². The molecule has 4 aromatic rings. The van der Waals surface area contributed by atoms with E-state index in [2.05, 4.69) is 59.2 Å². The SMILES string of the molecule is Oc1ccc(CNc2ccc(Cc3ccc(NCc4ccc(O)cc4)cc3)cc2)cc1. The average molecular weight is 411 g/mol. The van der Waals surface area contributed by atoms with Crippen molar-refractivity contribution in [2.45, 2.75) is 19.5 Å². The molecule has 4 rings (SSSR count). The van der Waals surface area contributed by atoms with Gasteiger partial charge in [0.05, 0.1) is 0 Å². The van der Waals surface area contributed by atoms with E-state index in [1.54, 1.807) is 24.3 Å². The number of phenols is 2. The molecule has 4 nitrogen and oxygen atoms in total. The smallest absolute Gasteiger partial charge is 0.115 e. The van der Waals surface area contributed by atoms with Gasteiger partial charge in [-0.3, -0.25) is 0 Å². The van der Waals surface area contributed by atoms with Crippen molar-refractivity contribution in [1.29, 1.82) is 0 Å². The number of phenolic OH excluding ortho intramolecular Hbond substituents is 2. The molecule has 156 valence electrons. The van der Waals surface area contributed by atoms with Crippen LogP contribution in [0.4, 0.5) is 11.4 Å². The molecule has 4 heteroatoms. The van der Waals surface area contributed by atoms with E-state index in [4.69, 9.17) is 0 Å². The number of nitrogens with one attached hydrogen (secondary N) is 2. The van der Waals surface area contributed by atoms with Gasteiger partial charge in [0.1, 0.15) is 11.5 Å². The quantitative estimate of drug-likeness (QED) is 0.291. The van der Waals surface area contributed by atoms with E-state index in [0.717, 1.165) is 42.0 Å². The van der Waals surface area contributed by atoms with Gasteiger partial charge in [0, 0.05) is 24.5 Å². The van der Waals surface area contributed by atoms with Gasteiger partial charge in [-0.25, -0.2) is 0 Å². The summed E-state index contributed by atoms with van der Waals surface area (Å²) in [5.41, 5.74) is 6.93. The van der Waals surface area contributed by atoms with E-state index in [9.17, 15) is 10.2 Å². The number of benzene rings is 4. The van der Waals surface area contributed by atoms with Crippen molar-refractivity contribution in [3.63, 3.8) is 0 Å². The summed E-state index contributed by atoms with van der Waals surface area (Å²) in [4.78, 5) is 0. The third-order valence-corrected chi connectivity index (χ3v) is 5.18. The largest absolute Gasteiger partial charge is 0.508 e. The second-order valence-electron chi connectivity index (χ2n) is 7.61. The summed E-state index contributed by atoms with van der Waals surface area (Å²) in [5.74, 6) is 0.573. The highest BCUT2D eigenvalue weighted by molar-refractivity contribution is 5.48. The van der Waals surface area contributed by atoms with Gasteiger partial charge in [-0.15, -0.1) is 0 Å². The molecule has 31 heavy (non-hydrogen) atoms. The van der Waals surface area contributed by atoms with E-state index < -0.39 is 0 Å². The first-order chi connectivity index (χ1) is 15.1. The highest BCUT2D eigenvalue weighted by atomic mass is 16.3. The predicted octanol–water partition coefficient (Wildman–Crippen LogP) is 5.91. The molecular formula is C27H26N2O2. The minimum atomic E-state index is 0.286. The fourth-order valence-electron chi connectivity index (χ4n) is 3.35. The monoisotopic (exact) mass is 410 g/mol. The zero-order valence-corrected chi connectivity index (χ0v) is 17.3. The van der Waals surface area contributed by atoms with Gasteiger partial charge in [-0.1, -0.05) is 48.5 Å². The van der Waals surface area contributed by atoms with E-state index in [0.29, 0.717) is 0 Å². The van der Waals surface area contributed by atoms with Gasteiger partial charge in [0.15, 0.2) is 0 Å². The van der Waals surface area contributed by atoms with Crippen LogP contribution in [0.2, 0.25) is 0 Å². The maximum Gasteiger partial charge on any atom is 0.115 e. The second-order valence-corrected chi connectivity index (χ2v) is 7.61. The van der Waals surface area contributed by atoms with Crippen molar-refractivity contribution in [3.8, 4) is 11.5 Å². The molecule has 0 radical (unpaired) electrons. The minimum absolute atomic E-state index is 0.286. The van der Waals surface area contributed by atoms with Crippen molar-refractivity contribution in [1.82, 2.24) is 0 Å². The standard InChI is InChI=1S/C27H26N2O2/c30-26-13-5-22(6-14-26)18-28-24-9-1-20(2-10-24)17-21-3-11-25(12-4-21)29-19-23-7-15-27(31)16-8-23/h1-16,28-31H,17-19H2. The van der Waals surface area contributed by atoms with Crippen molar-refractivity contribution < 1.29 is 10.2 Å². The molecule has 0 aliphatic rings. The van der Waals surface area contributed by atoms with Gasteiger partial charge < -0.3 is 20.8 Å². The highest BCUT2D eigenvalue weighted by Gasteiger charge is 2.00. The molecule has 0 heterocycles. The molecule has 0 bridgehead atoms. The van der Waals surface area contributed by atoms with Crippen molar-refractivity contribution >= 4 is 11.4 Å². The first-order valence-electron chi connectivity index (χ1n) is 10.4. The first-order valence-corrected chi connectivity index (χ1v) is 10.4. The molecule has 0 atom stereocenters. The molecule has 0 saturated carbocycles. The molecule has 0 aromatic heterocycles. The van der Waals surface area contributed by atoms with Crippen LogP contribution < -0.4 is 10.6 Å². The fourth-order valence-corrected chi connectivity index (χ4v) is 3.35. The Bertz CT molecular complexity index is 997. The molecular weight excluding hydrogens is 384 g/mol. The van der Waals surface area contributed by atoms with Crippen LogP contribution in [0, 0.1) is 0 Å². The summed E-state index contributed by atoms with van der Waals surface area (Å²) in [7, 11) is 0. The van der Waals surface area contributed by atoms with Crippen LogP contribution in [0.25, 0.3) is 0 Å². The second kappa shape index (κ2) is 9.72. The van der Waals surface area contributed by atoms with Crippen LogP contribution >= 0.6 is 0 Å². The average Bonchev–Trinajstić information content (AvgIpc) is 2.80. The van der Waals surface area contributed by atoms with E-state index in [1.807, 2.05) is 24.3 Å². The molecule has 4 aromatic carbocycles. The number of rotatable bonds is 8. The van der Waals surface area contributed by atoms with Gasteiger partial charge >= 0.3 is 0 Å². The Morgan fingerprint density at radius 1 is 0.419 bits per heavy atom. The Balaban J connectivity index is 1.27. The van der Waals surface area contributed by atoms with Crippen LogP contribution in [0.3, 0.4) is 0 Å². The highest BCUT2D eigenvalue weighted by Crippen LogP contribution is 2.18. The summed E-state index contributed by atoms with van der Waals surface area (Å²) < 4.78 is 0. The van der Waals surface area contributed by atoms with Crippen LogP contribution in [-0.2, 0) is 19.5 Å². The van der Waals surface area contributed by atoms with E-state index in [1.165, 1.54) is 11.1 Å². The summed E-state index contributed by atoms with van der Waals surface area (Å²) >= 11 is 0. The van der Waals surface area contributed by atoms with Crippen LogP contribution in [-0.4, -0.2) is 10.2 Å². The van der Waals surface area contributed by atoms with Crippen LogP contribution in [0.1, 0.15) is 22.3 Å². The lowest BCUT2D eigenvalue weighted by Crippen LogP contribution is -2.00. The molecule has 0 fully saturated rings. The zero-order valence-electron chi connectivity index (χ0n) is 17.3. The van der Waals surface area contributed by atoms with Crippen molar-refractivity contribution in [2.24, 2.45) is 0 Å². The van der Waals surface area contributed by atoms with E-state index >= 15 is 0 Å². The Morgan fingerprint density at radius 3 is 1.10 bits per heavy atom. The summed E-state index contributed by atoms with van der Waals surface area (Å²) in [6, 6.07) is 31.5. The number of anilines is 2. The maximum absolute atomic E-state index is 9.36.